The Morgan fingerprint density at radius 2 is 2.00 bits per heavy atom. The molecule has 0 amide bonds. The quantitative estimate of drug-likeness (QED) is 0.446. The first-order chi connectivity index (χ1) is 12.6. The van der Waals surface area contributed by atoms with Gasteiger partial charge in [-0.15, -0.1) is 0 Å². The first-order valence-corrected chi connectivity index (χ1v) is 10.3. The molecule has 0 fully saturated rings. The maximum atomic E-state index is 13.7. The monoisotopic (exact) mass is 416 g/mol. The third-order valence-electron chi connectivity index (χ3n) is 3.45. The van der Waals surface area contributed by atoms with E-state index in [4.69, 9.17) is 11.6 Å². The van der Waals surface area contributed by atoms with Crippen molar-refractivity contribution >= 4 is 24.6 Å². The lowest BCUT2D eigenvalue weighted by Gasteiger charge is -2.16. The van der Waals surface area contributed by atoms with Crippen LogP contribution in [0.3, 0.4) is 0 Å². The van der Waals surface area contributed by atoms with Crippen LogP contribution in [0.4, 0.5) is 18.9 Å². The number of anilines is 1. The van der Waals surface area contributed by atoms with Crippen molar-refractivity contribution in [3.63, 3.8) is 0 Å². The van der Waals surface area contributed by atoms with Crippen LogP contribution in [0.5, 0.6) is 0 Å². The third-order valence-corrected chi connectivity index (χ3v) is 5.25. The summed E-state index contributed by atoms with van der Waals surface area (Å²) in [5.74, 6) is -1.63. The van der Waals surface area contributed by atoms with Gasteiger partial charge in [-0.05, 0) is 35.9 Å². The number of halogens is 4. The highest BCUT2D eigenvalue weighted by Gasteiger charge is 2.35. The van der Waals surface area contributed by atoms with Gasteiger partial charge in [-0.2, -0.15) is 13.8 Å². The highest BCUT2D eigenvalue weighted by molar-refractivity contribution is 7.63. The van der Waals surface area contributed by atoms with Gasteiger partial charge in [0.25, 0.3) is 0 Å². The number of hydrogen-bond donors (Lipinski definition) is 1. The van der Waals surface area contributed by atoms with Crippen LogP contribution in [0.25, 0.3) is 11.4 Å². The number of aromatic nitrogens is 3. The van der Waals surface area contributed by atoms with Gasteiger partial charge in [0.2, 0.25) is 5.82 Å². The van der Waals surface area contributed by atoms with Crippen molar-refractivity contribution in [1.29, 1.82) is 0 Å². The number of pyridine rings is 1. The molecule has 27 heavy (non-hydrogen) atoms. The highest BCUT2D eigenvalue weighted by atomic mass is 35.5. The zero-order valence-corrected chi connectivity index (χ0v) is 15.5. The molecule has 2 heterocycles. The molecule has 1 atom stereocenters. The Bertz CT molecular complexity index is 992. The Hall–Kier alpha value is -2.38. The molecule has 1 aromatic carbocycles. The van der Waals surface area contributed by atoms with Crippen LogP contribution in [-0.4, -0.2) is 21.8 Å². The first-order valence-electron chi connectivity index (χ1n) is 7.60. The molecular formula is C16H13ClF3N4O2P. The number of hydrogen-bond acceptors (Lipinski definition) is 5. The Balaban J connectivity index is 1.73. The lowest BCUT2D eigenvalue weighted by Crippen LogP contribution is -2.03. The first kappa shape index (κ1) is 19.4. The van der Waals surface area contributed by atoms with E-state index in [9.17, 15) is 17.7 Å². The van der Waals surface area contributed by atoms with Crippen molar-refractivity contribution in [2.75, 3.05) is 11.8 Å². The lowest BCUT2D eigenvalue weighted by atomic mass is 10.2. The summed E-state index contributed by atoms with van der Waals surface area (Å²) in [6.45, 7) is 1.48. The molecule has 0 aliphatic heterocycles. The SMILES string of the molecule is CP(=O)(Cc1ccc(-c2noc(C(F)(F)Cl)n2)cn1)Nc1ccccc1F. The molecule has 2 aromatic heterocycles. The molecule has 11 heteroatoms. The van der Waals surface area contributed by atoms with Crippen molar-refractivity contribution in [2.45, 2.75) is 11.5 Å². The fraction of sp³-hybridized carbons (Fsp3) is 0.188. The maximum absolute atomic E-state index is 13.7. The second-order valence-electron chi connectivity index (χ2n) is 5.81. The molecule has 0 aliphatic rings. The van der Waals surface area contributed by atoms with Crippen molar-refractivity contribution < 1.29 is 22.3 Å². The summed E-state index contributed by atoms with van der Waals surface area (Å²) < 4.78 is 56.7. The van der Waals surface area contributed by atoms with Gasteiger partial charge in [0, 0.05) is 24.1 Å². The molecule has 6 nitrogen and oxygen atoms in total. The van der Waals surface area contributed by atoms with Gasteiger partial charge < -0.3 is 14.2 Å². The Morgan fingerprint density at radius 3 is 2.59 bits per heavy atom. The third kappa shape index (κ3) is 4.87. The molecule has 3 aromatic rings. The van der Waals surface area contributed by atoms with E-state index >= 15 is 0 Å². The van der Waals surface area contributed by atoms with Crippen LogP contribution >= 0.6 is 18.9 Å². The molecule has 0 spiro atoms. The number of nitrogens with one attached hydrogen (secondary N) is 1. The molecule has 0 saturated heterocycles. The van der Waals surface area contributed by atoms with Crippen LogP contribution < -0.4 is 5.09 Å². The maximum Gasteiger partial charge on any atom is 0.400 e. The number of nitrogens with zero attached hydrogens (tertiary/aromatic N) is 3. The van der Waals surface area contributed by atoms with E-state index in [0.29, 0.717) is 11.3 Å². The second-order valence-corrected chi connectivity index (χ2v) is 9.03. The fourth-order valence-corrected chi connectivity index (χ4v) is 3.91. The van der Waals surface area contributed by atoms with Gasteiger partial charge in [-0.3, -0.25) is 4.98 Å². The summed E-state index contributed by atoms with van der Waals surface area (Å²) >= 11 is 4.82. The van der Waals surface area contributed by atoms with E-state index in [2.05, 4.69) is 24.7 Å². The number of rotatable bonds is 6. The molecule has 1 N–H and O–H groups in total. The van der Waals surface area contributed by atoms with Gasteiger partial charge in [-0.25, -0.2) is 4.39 Å². The largest absolute Gasteiger partial charge is 0.400 e. The van der Waals surface area contributed by atoms with E-state index < -0.39 is 24.4 Å². The summed E-state index contributed by atoms with van der Waals surface area (Å²) in [5.41, 5.74) is 0.920. The van der Waals surface area contributed by atoms with E-state index in [1.165, 1.54) is 37.1 Å². The number of benzene rings is 1. The topological polar surface area (TPSA) is 80.9 Å². The molecule has 0 saturated carbocycles. The Labute approximate surface area is 157 Å². The Kier molecular flexibility index (Phi) is 5.26. The molecule has 1 unspecified atom stereocenters. The van der Waals surface area contributed by atoms with Gasteiger partial charge in [0.05, 0.1) is 11.8 Å². The number of alkyl halides is 3. The van der Waals surface area contributed by atoms with Crippen LogP contribution in [-0.2, 0) is 16.1 Å². The highest BCUT2D eigenvalue weighted by Crippen LogP contribution is 2.45. The smallest absolute Gasteiger partial charge is 0.334 e. The van der Waals surface area contributed by atoms with E-state index in [-0.39, 0.29) is 17.7 Å². The minimum absolute atomic E-state index is 0.0544. The Morgan fingerprint density at radius 1 is 1.26 bits per heavy atom. The van der Waals surface area contributed by atoms with Crippen molar-refractivity contribution in [2.24, 2.45) is 0 Å². The summed E-state index contributed by atoms with van der Waals surface area (Å²) in [6, 6.07) is 8.98. The van der Waals surface area contributed by atoms with Crippen molar-refractivity contribution in [3.8, 4) is 11.4 Å². The van der Waals surface area contributed by atoms with Crippen LogP contribution in [0.2, 0.25) is 0 Å². The predicted octanol–water partition coefficient (Wildman–Crippen LogP) is 5.08. The predicted molar refractivity (Wildman–Crippen MR) is 94.5 cm³/mol. The molecule has 142 valence electrons. The molecular weight excluding hydrogens is 404 g/mol. The fourth-order valence-electron chi connectivity index (χ4n) is 2.26. The van der Waals surface area contributed by atoms with Crippen molar-refractivity contribution in [1.82, 2.24) is 15.1 Å². The van der Waals surface area contributed by atoms with Crippen LogP contribution in [0.15, 0.2) is 47.1 Å². The van der Waals surface area contributed by atoms with Crippen LogP contribution in [0.1, 0.15) is 11.6 Å². The minimum Gasteiger partial charge on any atom is -0.334 e. The average Bonchev–Trinajstić information content (AvgIpc) is 3.07. The average molecular weight is 417 g/mol. The van der Waals surface area contributed by atoms with Gasteiger partial charge >= 0.3 is 11.3 Å². The van der Waals surface area contributed by atoms with Crippen LogP contribution in [0, 0.1) is 5.82 Å². The van der Waals surface area contributed by atoms with Gasteiger partial charge in [0.15, 0.2) is 7.29 Å². The summed E-state index contributed by atoms with van der Waals surface area (Å²) in [4.78, 5) is 7.64. The summed E-state index contributed by atoms with van der Waals surface area (Å²) in [6.07, 6.45) is 1.39. The molecule has 0 radical (unpaired) electrons. The normalized spacial score (nSPS) is 14.0. The summed E-state index contributed by atoms with van der Waals surface area (Å²) in [7, 11) is -2.99. The minimum atomic E-state index is -3.76. The standard InChI is InChI=1S/C16H13ClF3N4O2P/c1-27(25,24-13-5-3-2-4-12(13)18)9-11-7-6-10(8-21-11)14-22-15(26-23-14)16(17,19)20/h2-8H,9H2,1H3,(H,24,25). The second kappa shape index (κ2) is 7.32. The van der Waals surface area contributed by atoms with E-state index in [1.54, 1.807) is 12.1 Å². The molecule has 0 bridgehead atoms. The zero-order valence-electron chi connectivity index (χ0n) is 13.9. The molecule has 0 aliphatic carbocycles. The zero-order chi connectivity index (χ0) is 19.7. The summed E-state index contributed by atoms with van der Waals surface area (Å²) in [5, 5.41) is 2.37. The van der Waals surface area contributed by atoms with Gasteiger partial charge in [0.1, 0.15) is 5.82 Å². The number of para-hydroxylation sites is 1. The lowest BCUT2D eigenvalue weighted by molar-refractivity contribution is 0.0551. The van der Waals surface area contributed by atoms with Gasteiger partial charge in [-0.1, -0.05) is 17.3 Å². The van der Waals surface area contributed by atoms with Crippen molar-refractivity contribution in [3.05, 3.63) is 60.0 Å². The van der Waals surface area contributed by atoms with E-state index in [0.717, 1.165) is 0 Å². The molecule has 3 rings (SSSR count). The van der Waals surface area contributed by atoms with E-state index in [1.807, 2.05) is 0 Å².